The van der Waals surface area contributed by atoms with Crippen LogP contribution in [0.25, 0.3) is 11.1 Å². The predicted molar refractivity (Wildman–Crippen MR) is 164 cm³/mol. The maximum Gasteiger partial charge on any atom is 0.209 e. The first-order chi connectivity index (χ1) is 20.0. The number of benzene rings is 2. The number of carbonyl (C=O) groups excluding carboxylic acids is 3. The summed E-state index contributed by atoms with van der Waals surface area (Å²) in [5, 5.41) is 49.7. The number of anilines is 1. The predicted octanol–water partition coefficient (Wildman–Crippen LogP) is 6.22. The summed E-state index contributed by atoms with van der Waals surface area (Å²) in [6.07, 6.45) is 1.24. The monoisotopic (exact) mass is 587 g/mol. The van der Waals surface area contributed by atoms with Crippen LogP contribution in [-0.2, 0) is 16.0 Å². The van der Waals surface area contributed by atoms with E-state index in [-0.39, 0.29) is 35.6 Å². The molecule has 0 amide bonds. The van der Waals surface area contributed by atoms with Gasteiger partial charge in [0.15, 0.2) is 17.2 Å². The van der Waals surface area contributed by atoms with E-state index in [1.807, 2.05) is 38.1 Å². The molecular weight excluding hydrogens is 546 g/mol. The Bertz CT molecular complexity index is 1620. The van der Waals surface area contributed by atoms with Crippen LogP contribution in [0.4, 0.5) is 5.69 Å². The third-order valence-electron chi connectivity index (χ3n) is 10.1. The number of phenols is 1. The molecule has 0 spiro atoms. The number of aliphatic hydroxyl groups is 3. The minimum absolute atomic E-state index is 0.0133. The molecule has 0 radical (unpaired) electrons. The lowest BCUT2D eigenvalue weighted by Crippen LogP contribution is -2.67. The minimum Gasteiger partial charge on any atom is -0.511 e. The molecule has 5 atom stereocenters. The average molecular weight is 588 g/mol. The van der Waals surface area contributed by atoms with Gasteiger partial charge in [0, 0.05) is 34.1 Å². The molecule has 5 rings (SSSR count). The summed E-state index contributed by atoms with van der Waals surface area (Å²) in [4.78, 5) is 40.6. The molecule has 0 bridgehead atoms. The number of carbonyl (C=O) groups is 3. The van der Waals surface area contributed by atoms with Crippen molar-refractivity contribution in [2.75, 3.05) is 5.32 Å². The molecule has 3 aliphatic carbocycles. The van der Waals surface area contributed by atoms with E-state index >= 15 is 0 Å². The van der Waals surface area contributed by atoms with Gasteiger partial charge in [0.2, 0.25) is 5.78 Å². The Morgan fingerprint density at radius 1 is 1.02 bits per heavy atom. The summed E-state index contributed by atoms with van der Waals surface area (Å²) in [6.45, 7) is 12.4. The lowest BCUT2D eigenvalue weighted by molar-refractivity contribution is -0.171. The van der Waals surface area contributed by atoms with Crippen LogP contribution in [0.3, 0.4) is 0 Å². The van der Waals surface area contributed by atoms with Crippen LogP contribution >= 0.6 is 0 Å². The molecule has 0 aromatic heterocycles. The Kier molecular flexibility index (Phi) is 7.16. The van der Waals surface area contributed by atoms with Gasteiger partial charge in [-0.05, 0) is 73.9 Å². The van der Waals surface area contributed by atoms with Crippen LogP contribution < -0.4 is 5.32 Å². The van der Waals surface area contributed by atoms with Crippen molar-refractivity contribution in [2.45, 2.75) is 79.4 Å². The SMILES string of the molecule is CCC(C)Nc1ccc(-c2ccc(O)c3c2C[C@]2(C)C[C@]4(C)C(C(C)C)C(O)=C(C(C)=O)C(=O)[C@]4(O)C(O)=C2C3=O)cc1. The highest BCUT2D eigenvalue weighted by atomic mass is 16.3. The summed E-state index contributed by atoms with van der Waals surface area (Å²) in [6, 6.07) is 11.4. The first kappa shape index (κ1) is 30.5. The Hall–Kier alpha value is -3.91. The molecule has 2 aromatic rings. The first-order valence-electron chi connectivity index (χ1n) is 14.9. The van der Waals surface area contributed by atoms with E-state index < -0.39 is 56.8 Å². The van der Waals surface area contributed by atoms with E-state index in [1.165, 1.54) is 6.07 Å². The summed E-state index contributed by atoms with van der Waals surface area (Å²) >= 11 is 0. The Balaban J connectivity index is 1.72. The highest BCUT2D eigenvalue weighted by Gasteiger charge is 2.71. The van der Waals surface area contributed by atoms with Gasteiger partial charge in [-0.3, -0.25) is 14.4 Å². The highest BCUT2D eigenvalue weighted by Crippen LogP contribution is 2.65. The zero-order chi connectivity index (χ0) is 31.8. The van der Waals surface area contributed by atoms with Gasteiger partial charge in [-0.15, -0.1) is 0 Å². The Labute approximate surface area is 252 Å². The molecule has 3 aliphatic rings. The topological polar surface area (TPSA) is 144 Å². The van der Waals surface area contributed by atoms with Gasteiger partial charge >= 0.3 is 0 Å². The normalized spacial score (nSPS) is 29.3. The van der Waals surface area contributed by atoms with Crippen molar-refractivity contribution < 1.29 is 34.8 Å². The fraction of sp³-hybridized carbons (Fsp3) is 0.457. The number of phenolic OH excluding ortho intramolecular Hbond substituents is 1. The molecule has 0 heterocycles. The number of aromatic hydroxyl groups is 1. The Morgan fingerprint density at radius 3 is 2.21 bits per heavy atom. The third kappa shape index (κ3) is 4.17. The number of nitrogens with one attached hydrogen (secondary N) is 1. The average Bonchev–Trinajstić information content (AvgIpc) is 2.91. The number of allylic oxidation sites excluding steroid dienone is 2. The second kappa shape index (κ2) is 10.1. The molecule has 43 heavy (non-hydrogen) atoms. The third-order valence-corrected chi connectivity index (χ3v) is 10.1. The zero-order valence-electron chi connectivity index (χ0n) is 25.8. The van der Waals surface area contributed by atoms with E-state index in [0.29, 0.717) is 11.6 Å². The van der Waals surface area contributed by atoms with Crippen molar-refractivity contribution in [3.05, 3.63) is 70.2 Å². The molecule has 8 heteroatoms. The number of Topliss-reactive ketones (excluding diaryl/α,β-unsaturated/α-hetero) is 3. The summed E-state index contributed by atoms with van der Waals surface area (Å²) in [5.41, 5.74) is -2.69. The smallest absolute Gasteiger partial charge is 0.209 e. The number of hydrogen-bond donors (Lipinski definition) is 5. The lowest BCUT2D eigenvalue weighted by atomic mass is 9.44. The first-order valence-corrected chi connectivity index (χ1v) is 14.9. The van der Waals surface area contributed by atoms with Crippen LogP contribution in [0.5, 0.6) is 5.75 Å². The van der Waals surface area contributed by atoms with Gasteiger partial charge in [-0.1, -0.05) is 52.8 Å². The molecule has 0 saturated heterocycles. The number of rotatable bonds is 6. The van der Waals surface area contributed by atoms with E-state index in [2.05, 4.69) is 19.2 Å². The molecule has 0 saturated carbocycles. The summed E-state index contributed by atoms with van der Waals surface area (Å²) < 4.78 is 0. The van der Waals surface area contributed by atoms with Crippen molar-refractivity contribution in [2.24, 2.45) is 22.7 Å². The molecule has 2 unspecified atom stereocenters. The van der Waals surface area contributed by atoms with Crippen molar-refractivity contribution in [3.8, 4) is 16.9 Å². The van der Waals surface area contributed by atoms with Crippen LogP contribution in [0.15, 0.2) is 59.1 Å². The molecule has 2 aromatic carbocycles. The molecule has 228 valence electrons. The van der Waals surface area contributed by atoms with Crippen molar-refractivity contribution in [1.29, 1.82) is 0 Å². The van der Waals surface area contributed by atoms with Crippen molar-refractivity contribution >= 4 is 23.0 Å². The fourth-order valence-electron chi connectivity index (χ4n) is 8.14. The van der Waals surface area contributed by atoms with Gasteiger partial charge in [0.05, 0.1) is 5.56 Å². The van der Waals surface area contributed by atoms with Gasteiger partial charge in [0.1, 0.15) is 22.8 Å². The van der Waals surface area contributed by atoms with Crippen molar-refractivity contribution in [3.63, 3.8) is 0 Å². The number of fused-ring (bicyclic) bond motifs is 3. The fourth-order valence-corrected chi connectivity index (χ4v) is 8.14. The number of ketones is 3. The van der Waals surface area contributed by atoms with E-state index in [9.17, 15) is 34.8 Å². The van der Waals surface area contributed by atoms with Gasteiger partial charge in [-0.25, -0.2) is 0 Å². The van der Waals surface area contributed by atoms with E-state index in [4.69, 9.17) is 0 Å². The van der Waals surface area contributed by atoms with E-state index in [1.54, 1.807) is 19.9 Å². The largest absolute Gasteiger partial charge is 0.511 e. The minimum atomic E-state index is -2.62. The van der Waals surface area contributed by atoms with Crippen LogP contribution in [-0.4, -0.2) is 49.4 Å². The van der Waals surface area contributed by atoms with Gasteiger partial charge in [-0.2, -0.15) is 0 Å². The van der Waals surface area contributed by atoms with Crippen LogP contribution in [0.1, 0.15) is 77.2 Å². The molecule has 0 fully saturated rings. The second-order valence-electron chi connectivity index (χ2n) is 13.5. The maximum atomic E-state index is 14.3. The van der Waals surface area contributed by atoms with Gasteiger partial charge in [0.25, 0.3) is 0 Å². The number of aliphatic hydroxyl groups excluding tert-OH is 2. The van der Waals surface area contributed by atoms with E-state index in [0.717, 1.165) is 30.2 Å². The van der Waals surface area contributed by atoms with Crippen molar-refractivity contribution in [1.82, 2.24) is 0 Å². The zero-order valence-corrected chi connectivity index (χ0v) is 25.8. The molecular formula is C35H41NO7. The van der Waals surface area contributed by atoms with Gasteiger partial charge < -0.3 is 25.7 Å². The summed E-state index contributed by atoms with van der Waals surface area (Å²) in [7, 11) is 0. The highest BCUT2D eigenvalue weighted by molar-refractivity contribution is 6.25. The van der Waals surface area contributed by atoms with Crippen LogP contribution in [0, 0.1) is 22.7 Å². The summed E-state index contributed by atoms with van der Waals surface area (Å²) in [5.74, 6) is -5.19. The number of hydrogen-bond acceptors (Lipinski definition) is 8. The quantitative estimate of drug-likeness (QED) is 0.251. The molecule has 0 aliphatic heterocycles. The molecule has 8 nitrogen and oxygen atoms in total. The lowest BCUT2D eigenvalue weighted by Gasteiger charge is -2.59. The molecule has 5 N–H and O–H groups in total. The standard InChI is InChI=1S/C35H41NO7/c1-8-18(4)36-21-11-9-20(10-12-21)22-13-14-24(38)26-23(22)15-33(6)16-34(7)27(17(2)3)29(39)25(19(5)37)31(41)35(34,43)32(42)28(33)30(26)40/h9-14,17-18,27,36,38-39,42-43H,8,15-16H2,1-7H3/t18?,27?,33-,34-,35+/m1/s1. The Morgan fingerprint density at radius 2 is 1.65 bits per heavy atom. The second-order valence-corrected chi connectivity index (χ2v) is 13.5. The maximum absolute atomic E-state index is 14.3. The van der Waals surface area contributed by atoms with Crippen LogP contribution in [0.2, 0.25) is 0 Å².